The number of benzene rings is 2. The number of phenolic OH excluding ortho intramolecular Hbond substituents is 1. The van der Waals surface area contributed by atoms with Crippen molar-refractivity contribution in [2.45, 2.75) is 19.8 Å². The van der Waals surface area contributed by atoms with Crippen LogP contribution in [0.4, 0.5) is 5.69 Å². The van der Waals surface area contributed by atoms with Crippen molar-refractivity contribution < 1.29 is 19.6 Å². The van der Waals surface area contributed by atoms with E-state index < -0.39 is 7.72 Å². The van der Waals surface area contributed by atoms with Crippen LogP contribution in [0.1, 0.15) is 25.3 Å². The van der Waals surface area contributed by atoms with Crippen molar-refractivity contribution in [2.75, 3.05) is 6.66 Å². The molecule has 0 fully saturated rings. The van der Waals surface area contributed by atoms with Gasteiger partial charge in [0, 0.05) is 5.56 Å². The molecule has 0 radical (unpaired) electrons. The Morgan fingerprint density at radius 2 is 1.72 bits per heavy atom. The van der Waals surface area contributed by atoms with Gasteiger partial charge in [0.15, 0.2) is 5.75 Å². The Bertz CT molecular complexity index is 781. The summed E-state index contributed by atoms with van der Waals surface area (Å²) in [4.78, 5) is 22.9. The molecule has 2 rings (SSSR count). The van der Waals surface area contributed by atoms with Gasteiger partial charge in [-0.05, 0) is 68.1 Å². The molecule has 0 heterocycles. The minimum atomic E-state index is -3.07. The first-order valence-electron chi connectivity index (χ1n) is 7.43. The van der Waals surface area contributed by atoms with Gasteiger partial charge < -0.3 is 9.84 Å². The predicted octanol–water partition coefficient (Wildman–Crippen LogP) is 5.95. The van der Waals surface area contributed by atoms with Crippen LogP contribution in [-0.4, -0.2) is 27.5 Å². The molecular weight excluding hydrogens is 473 g/mol. The number of halogens is 2. The highest BCUT2D eigenvalue weighted by atomic mass is 79.9. The lowest BCUT2D eigenvalue weighted by Gasteiger charge is -2.14. The SMILES string of the molecule is CC(C)c1cc(Oc2c(Br)cc(N=C[P+](C)(O)O)cc2Br)ccc1O. The predicted molar refractivity (Wildman–Crippen MR) is 110 cm³/mol. The van der Waals surface area contributed by atoms with Gasteiger partial charge in [0.05, 0.1) is 14.6 Å². The van der Waals surface area contributed by atoms with Gasteiger partial charge >= 0.3 is 7.72 Å². The van der Waals surface area contributed by atoms with Crippen molar-refractivity contribution in [1.29, 1.82) is 0 Å². The van der Waals surface area contributed by atoms with Gasteiger partial charge in [-0.2, -0.15) is 0 Å². The molecule has 0 bridgehead atoms. The molecule has 0 unspecified atom stereocenters. The minimum absolute atomic E-state index is 0.168. The van der Waals surface area contributed by atoms with E-state index in [1.807, 2.05) is 13.8 Å². The standard InChI is InChI=1S/C17H18Br2NO4P/c1-10(2)13-8-12(4-5-16(13)21)24-17-14(18)6-11(7-15(17)19)20-9-25(3,22)23/h4-10,22-23H,1-3H3/p+1. The van der Waals surface area contributed by atoms with Crippen LogP contribution in [-0.2, 0) is 0 Å². The number of rotatable bonds is 5. The van der Waals surface area contributed by atoms with E-state index >= 15 is 0 Å². The van der Waals surface area contributed by atoms with E-state index in [0.717, 1.165) is 11.5 Å². The van der Waals surface area contributed by atoms with E-state index in [4.69, 9.17) is 4.74 Å². The van der Waals surface area contributed by atoms with Crippen LogP contribution in [0.5, 0.6) is 17.2 Å². The van der Waals surface area contributed by atoms with E-state index in [2.05, 4.69) is 36.9 Å². The topological polar surface area (TPSA) is 82.3 Å². The van der Waals surface area contributed by atoms with Crippen LogP contribution in [0.3, 0.4) is 0 Å². The van der Waals surface area contributed by atoms with Crippen molar-refractivity contribution in [2.24, 2.45) is 4.99 Å². The summed E-state index contributed by atoms with van der Waals surface area (Å²) in [5.74, 6) is 2.72. The molecule has 0 aliphatic carbocycles. The fourth-order valence-electron chi connectivity index (χ4n) is 2.07. The molecule has 0 atom stereocenters. The molecule has 134 valence electrons. The number of nitrogens with zero attached hydrogens (tertiary/aromatic N) is 1. The molecule has 0 saturated carbocycles. The molecule has 3 N–H and O–H groups in total. The van der Waals surface area contributed by atoms with E-state index in [-0.39, 0.29) is 11.7 Å². The smallest absolute Gasteiger partial charge is 0.308 e. The van der Waals surface area contributed by atoms with Crippen molar-refractivity contribution in [3.8, 4) is 17.2 Å². The van der Waals surface area contributed by atoms with E-state index in [1.54, 1.807) is 30.3 Å². The number of hydrogen-bond donors (Lipinski definition) is 3. The Morgan fingerprint density at radius 1 is 1.12 bits per heavy atom. The summed E-state index contributed by atoms with van der Waals surface area (Å²) < 4.78 is 7.25. The zero-order chi connectivity index (χ0) is 18.8. The van der Waals surface area contributed by atoms with Gasteiger partial charge in [0.25, 0.3) is 0 Å². The molecule has 0 amide bonds. The van der Waals surface area contributed by atoms with Gasteiger partial charge in [-0.1, -0.05) is 13.8 Å². The molecule has 25 heavy (non-hydrogen) atoms. The summed E-state index contributed by atoms with van der Waals surface area (Å²) in [6.07, 6.45) is 0. The maximum absolute atomic E-state index is 9.91. The van der Waals surface area contributed by atoms with Crippen LogP contribution in [0, 0.1) is 0 Å². The van der Waals surface area contributed by atoms with E-state index in [0.29, 0.717) is 26.1 Å². The summed E-state index contributed by atoms with van der Waals surface area (Å²) in [6, 6.07) is 8.54. The van der Waals surface area contributed by atoms with Crippen LogP contribution >= 0.6 is 39.6 Å². The fourth-order valence-corrected chi connectivity index (χ4v) is 3.75. The average Bonchev–Trinajstić information content (AvgIpc) is 2.49. The maximum Gasteiger partial charge on any atom is 0.308 e. The molecule has 0 saturated heterocycles. The van der Waals surface area contributed by atoms with Crippen molar-refractivity contribution in [3.63, 3.8) is 0 Å². The zero-order valence-electron chi connectivity index (χ0n) is 13.9. The van der Waals surface area contributed by atoms with Gasteiger partial charge in [-0.25, -0.2) is 14.8 Å². The van der Waals surface area contributed by atoms with E-state index in [1.165, 1.54) is 6.66 Å². The van der Waals surface area contributed by atoms with Gasteiger partial charge in [-0.3, -0.25) is 0 Å². The Balaban J connectivity index is 2.32. The lowest BCUT2D eigenvalue weighted by Crippen LogP contribution is -1.92. The molecular formula is C17H19Br2NO4P+. The Morgan fingerprint density at radius 3 is 2.24 bits per heavy atom. The second-order valence-corrected chi connectivity index (χ2v) is 9.84. The maximum atomic E-state index is 9.91. The highest BCUT2D eigenvalue weighted by Gasteiger charge is 2.21. The monoisotopic (exact) mass is 490 g/mol. The molecule has 8 heteroatoms. The Kier molecular flexibility index (Phi) is 6.62. The van der Waals surface area contributed by atoms with Gasteiger partial charge in [0.2, 0.25) is 5.96 Å². The first-order chi connectivity index (χ1) is 11.6. The third-order valence-corrected chi connectivity index (χ3v) is 4.98. The average molecular weight is 492 g/mol. The summed E-state index contributed by atoms with van der Waals surface area (Å²) in [5, 5.41) is 9.91. The summed E-state index contributed by atoms with van der Waals surface area (Å²) in [7, 11) is -3.07. The van der Waals surface area contributed by atoms with Gasteiger partial charge in [-0.15, -0.1) is 0 Å². The minimum Gasteiger partial charge on any atom is -0.508 e. The molecule has 5 nitrogen and oxygen atoms in total. The highest BCUT2D eigenvalue weighted by Crippen LogP contribution is 2.44. The number of hydrogen-bond acceptors (Lipinski definition) is 5. The number of aliphatic imine (C=N–C) groups is 1. The quantitative estimate of drug-likeness (QED) is 0.356. The summed E-state index contributed by atoms with van der Waals surface area (Å²) >= 11 is 6.89. The van der Waals surface area contributed by atoms with Crippen LogP contribution in [0.15, 0.2) is 44.3 Å². The first-order valence-corrected chi connectivity index (χ1v) is 11.2. The number of ether oxygens (including phenoxy) is 1. The van der Waals surface area contributed by atoms with E-state index in [9.17, 15) is 14.9 Å². The molecule has 2 aromatic rings. The second-order valence-electron chi connectivity index (χ2n) is 5.94. The number of aromatic hydroxyl groups is 1. The lowest BCUT2D eigenvalue weighted by atomic mass is 10.0. The van der Waals surface area contributed by atoms with Gasteiger partial charge in [0.1, 0.15) is 18.2 Å². The zero-order valence-corrected chi connectivity index (χ0v) is 18.0. The van der Waals surface area contributed by atoms with Crippen LogP contribution in [0.25, 0.3) is 0 Å². The highest BCUT2D eigenvalue weighted by molar-refractivity contribution is 9.11. The summed E-state index contributed by atoms with van der Waals surface area (Å²) in [6.45, 7) is 5.32. The molecule has 0 spiro atoms. The normalized spacial score (nSPS) is 12.2. The number of phenols is 1. The molecule has 0 aromatic heterocycles. The summed E-state index contributed by atoms with van der Waals surface area (Å²) in [5.41, 5.74) is 1.36. The molecule has 2 aromatic carbocycles. The van der Waals surface area contributed by atoms with Crippen LogP contribution in [0.2, 0.25) is 0 Å². The van der Waals surface area contributed by atoms with Crippen molar-refractivity contribution in [1.82, 2.24) is 0 Å². The van der Waals surface area contributed by atoms with Crippen molar-refractivity contribution in [3.05, 3.63) is 44.8 Å². The van der Waals surface area contributed by atoms with Crippen molar-refractivity contribution >= 4 is 51.2 Å². The largest absolute Gasteiger partial charge is 0.508 e. The fraction of sp³-hybridized carbons (Fsp3) is 0.235. The third-order valence-electron chi connectivity index (χ3n) is 3.25. The Labute approximate surface area is 164 Å². The molecule has 0 aliphatic rings. The van der Waals surface area contributed by atoms with Crippen LogP contribution < -0.4 is 4.74 Å². The molecule has 0 aliphatic heterocycles. The second kappa shape index (κ2) is 8.14. The Hall–Kier alpha value is -0.980. The third kappa shape index (κ3) is 5.76. The lowest BCUT2D eigenvalue weighted by molar-refractivity contribution is 0.453. The first kappa shape index (κ1) is 20.3.